The van der Waals surface area contributed by atoms with Crippen LogP contribution in [0.15, 0.2) is 47.0 Å². The molecule has 0 bridgehead atoms. The first-order valence-corrected chi connectivity index (χ1v) is 7.91. The Morgan fingerprint density at radius 2 is 2.00 bits per heavy atom. The third kappa shape index (κ3) is 4.78. The first-order chi connectivity index (χ1) is 12.9. The molecular weight excluding hydrogens is 360 g/mol. The van der Waals surface area contributed by atoms with E-state index in [0.29, 0.717) is 11.3 Å². The van der Waals surface area contributed by atoms with E-state index in [-0.39, 0.29) is 30.5 Å². The molecule has 7 nitrogen and oxygen atoms in total. The van der Waals surface area contributed by atoms with Crippen molar-refractivity contribution in [3.05, 3.63) is 71.3 Å². The highest BCUT2D eigenvalue weighted by molar-refractivity contribution is 5.91. The van der Waals surface area contributed by atoms with Crippen LogP contribution in [-0.2, 0) is 17.9 Å². The fourth-order valence-electron chi connectivity index (χ4n) is 2.25. The number of rotatable bonds is 6. The molecular formula is C18H15F2N3O4. The van der Waals surface area contributed by atoms with Crippen LogP contribution in [0.1, 0.15) is 28.8 Å². The Morgan fingerprint density at radius 1 is 1.19 bits per heavy atom. The Labute approximate surface area is 152 Å². The summed E-state index contributed by atoms with van der Waals surface area (Å²) in [5.41, 5.74) is 0.314. The summed E-state index contributed by atoms with van der Waals surface area (Å²) < 4.78 is 37.8. The average Bonchev–Trinajstić information content (AvgIpc) is 3.26. The number of amides is 1. The van der Waals surface area contributed by atoms with Crippen molar-refractivity contribution in [3.8, 4) is 0 Å². The van der Waals surface area contributed by atoms with E-state index in [0.717, 1.165) is 12.1 Å². The highest BCUT2D eigenvalue weighted by Gasteiger charge is 2.10. The summed E-state index contributed by atoms with van der Waals surface area (Å²) in [7, 11) is 0. The van der Waals surface area contributed by atoms with E-state index in [4.69, 9.17) is 9.15 Å². The molecule has 0 atom stereocenters. The summed E-state index contributed by atoms with van der Waals surface area (Å²) in [5.74, 6) is -1.12. The summed E-state index contributed by atoms with van der Waals surface area (Å²) in [6.45, 7) is 1.47. The lowest BCUT2D eigenvalue weighted by atomic mass is 10.2. The molecule has 27 heavy (non-hydrogen) atoms. The number of benzene rings is 1. The minimum Gasteiger partial charge on any atom is -0.456 e. The molecule has 1 N–H and O–H groups in total. The Morgan fingerprint density at radius 3 is 2.70 bits per heavy atom. The molecule has 140 valence electrons. The van der Waals surface area contributed by atoms with E-state index >= 15 is 0 Å². The molecule has 0 spiro atoms. The number of hydrogen-bond donors (Lipinski definition) is 1. The number of Topliss-reactive ketones (excluding diaryl/α,β-unsaturated/α-hetero) is 1. The summed E-state index contributed by atoms with van der Waals surface area (Å²) >= 11 is 0. The van der Waals surface area contributed by atoms with Gasteiger partial charge in [-0.3, -0.25) is 14.8 Å². The molecule has 0 unspecified atom stereocenters. The van der Waals surface area contributed by atoms with E-state index in [1.54, 1.807) is 24.4 Å². The number of hydrogen-bond acceptors (Lipinski definition) is 5. The van der Waals surface area contributed by atoms with Gasteiger partial charge in [-0.05, 0) is 29.8 Å². The molecule has 1 aromatic carbocycles. The summed E-state index contributed by atoms with van der Waals surface area (Å²) in [6.07, 6.45) is 0.822. The van der Waals surface area contributed by atoms with Crippen molar-refractivity contribution in [2.45, 2.75) is 20.1 Å². The second kappa shape index (κ2) is 7.81. The van der Waals surface area contributed by atoms with Gasteiger partial charge in [0.15, 0.2) is 29.0 Å². The van der Waals surface area contributed by atoms with Crippen LogP contribution < -0.4 is 5.32 Å². The van der Waals surface area contributed by atoms with Crippen LogP contribution >= 0.6 is 0 Å². The van der Waals surface area contributed by atoms with Crippen LogP contribution in [0.5, 0.6) is 0 Å². The number of aromatic nitrogens is 2. The Bertz CT molecular complexity index is 981. The van der Waals surface area contributed by atoms with Crippen LogP contribution in [0.25, 0.3) is 0 Å². The van der Waals surface area contributed by atoms with E-state index in [1.165, 1.54) is 17.7 Å². The maximum absolute atomic E-state index is 13.1. The monoisotopic (exact) mass is 375 g/mol. The molecule has 0 fully saturated rings. The van der Waals surface area contributed by atoms with Crippen molar-refractivity contribution < 1.29 is 27.5 Å². The molecule has 0 radical (unpaired) electrons. The zero-order valence-electron chi connectivity index (χ0n) is 14.2. The van der Waals surface area contributed by atoms with Crippen LogP contribution in [0, 0.1) is 11.6 Å². The zero-order chi connectivity index (χ0) is 19.4. The molecule has 3 rings (SSSR count). The fraction of sp³-hybridized carbons (Fsp3) is 0.167. The third-order valence-electron chi connectivity index (χ3n) is 3.55. The molecule has 9 heteroatoms. The van der Waals surface area contributed by atoms with Crippen molar-refractivity contribution >= 4 is 17.7 Å². The van der Waals surface area contributed by atoms with Gasteiger partial charge in [-0.1, -0.05) is 6.07 Å². The van der Waals surface area contributed by atoms with E-state index in [1.807, 2.05) is 0 Å². The summed E-state index contributed by atoms with van der Waals surface area (Å²) in [4.78, 5) is 23.0. The first kappa shape index (κ1) is 18.3. The number of anilines is 1. The smallest absolute Gasteiger partial charge is 0.413 e. The van der Waals surface area contributed by atoms with Crippen molar-refractivity contribution in [2.24, 2.45) is 0 Å². The van der Waals surface area contributed by atoms with E-state index < -0.39 is 17.7 Å². The van der Waals surface area contributed by atoms with Crippen LogP contribution in [0.3, 0.4) is 0 Å². The maximum Gasteiger partial charge on any atom is 0.413 e. The van der Waals surface area contributed by atoms with Gasteiger partial charge in [0.1, 0.15) is 12.4 Å². The van der Waals surface area contributed by atoms with E-state index in [2.05, 4.69) is 10.4 Å². The lowest BCUT2D eigenvalue weighted by Gasteiger charge is -2.05. The molecule has 3 aromatic rings. The van der Waals surface area contributed by atoms with Crippen LogP contribution in [0.2, 0.25) is 0 Å². The predicted molar refractivity (Wildman–Crippen MR) is 90.2 cm³/mol. The second-order valence-electron chi connectivity index (χ2n) is 5.67. The highest BCUT2D eigenvalue weighted by Crippen LogP contribution is 2.12. The topological polar surface area (TPSA) is 86.4 Å². The Balaban J connectivity index is 1.52. The Kier molecular flexibility index (Phi) is 5.30. The van der Waals surface area contributed by atoms with Gasteiger partial charge in [-0.2, -0.15) is 5.10 Å². The van der Waals surface area contributed by atoms with Gasteiger partial charge in [-0.25, -0.2) is 13.6 Å². The average molecular weight is 375 g/mol. The molecule has 0 aliphatic rings. The molecule has 0 saturated carbocycles. The van der Waals surface area contributed by atoms with Gasteiger partial charge in [0.05, 0.1) is 6.54 Å². The molecule has 2 heterocycles. The number of halogens is 2. The number of furan rings is 1. The summed E-state index contributed by atoms with van der Waals surface area (Å²) in [6, 6.07) is 8.03. The third-order valence-corrected chi connectivity index (χ3v) is 3.55. The molecule has 1 amide bonds. The highest BCUT2D eigenvalue weighted by atomic mass is 19.2. The number of carbonyl (C=O) groups excluding carboxylic acids is 2. The quantitative estimate of drug-likeness (QED) is 0.663. The van der Waals surface area contributed by atoms with Gasteiger partial charge < -0.3 is 9.15 Å². The molecule has 0 saturated heterocycles. The normalized spacial score (nSPS) is 10.6. The van der Waals surface area contributed by atoms with E-state index in [9.17, 15) is 18.4 Å². The number of nitrogens with one attached hydrogen (secondary N) is 1. The van der Waals surface area contributed by atoms with Crippen LogP contribution in [-0.4, -0.2) is 21.7 Å². The lowest BCUT2D eigenvalue weighted by molar-refractivity contribution is 0.0985. The predicted octanol–water partition coefficient (Wildman–Crippen LogP) is 3.75. The zero-order valence-corrected chi connectivity index (χ0v) is 14.2. The maximum atomic E-state index is 13.1. The van der Waals surface area contributed by atoms with Crippen molar-refractivity contribution in [1.82, 2.24) is 9.78 Å². The second-order valence-corrected chi connectivity index (χ2v) is 5.67. The number of ketones is 1. The van der Waals surface area contributed by atoms with Crippen molar-refractivity contribution in [2.75, 3.05) is 5.32 Å². The van der Waals surface area contributed by atoms with Crippen molar-refractivity contribution in [1.29, 1.82) is 0 Å². The minimum atomic E-state index is -1.01. The summed E-state index contributed by atoms with van der Waals surface area (Å²) in [5, 5.41) is 6.55. The van der Waals surface area contributed by atoms with Crippen LogP contribution in [0.4, 0.5) is 19.4 Å². The Hall–Kier alpha value is -3.49. The number of nitrogens with zero attached hydrogens (tertiary/aromatic N) is 2. The van der Waals surface area contributed by atoms with Gasteiger partial charge in [0.2, 0.25) is 0 Å². The fourth-order valence-corrected chi connectivity index (χ4v) is 2.25. The number of ether oxygens (including phenoxy) is 1. The number of carbonyl (C=O) groups is 2. The van der Waals surface area contributed by atoms with Gasteiger partial charge in [-0.15, -0.1) is 0 Å². The first-order valence-electron chi connectivity index (χ1n) is 7.91. The lowest BCUT2D eigenvalue weighted by Crippen LogP contribution is -2.14. The van der Waals surface area contributed by atoms with Crippen molar-refractivity contribution in [3.63, 3.8) is 0 Å². The van der Waals surface area contributed by atoms with Gasteiger partial charge in [0, 0.05) is 19.2 Å². The largest absolute Gasteiger partial charge is 0.456 e. The molecule has 2 aromatic heterocycles. The minimum absolute atomic E-state index is 0.173. The van der Waals surface area contributed by atoms with Gasteiger partial charge >= 0.3 is 6.09 Å². The SMILES string of the molecule is CC(=O)c1ccc(Cn2ccc(NC(=O)OCc3ccc(F)c(F)c3)n2)o1. The van der Waals surface area contributed by atoms with Gasteiger partial charge in [0.25, 0.3) is 0 Å². The standard InChI is InChI=1S/C18H15F2N3O4/c1-11(24)16-5-3-13(27-16)9-23-7-6-17(22-23)21-18(25)26-10-12-2-4-14(19)15(20)8-12/h2-8H,9-10H2,1H3,(H,21,22,25). The molecule has 0 aliphatic heterocycles. The molecule has 0 aliphatic carbocycles.